The Balaban J connectivity index is 2.06. The highest BCUT2D eigenvalue weighted by atomic mass is 16.3. The number of carbonyl (C=O) groups is 1. The molecule has 4 nitrogen and oxygen atoms in total. The van der Waals surface area contributed by atoms with Crippen LogP contribution in [-0.4, -0.2) is 28.1 Å². The van der Waals surface area contributed by atoms with Crippen molar-refractivity contribution < 1.29 is 9.90 Å². The first kappa shape index (κ1) is 12.0. The molecule has 1 aliphatic carbocycles. The second-order valence-electron chi connectivity index (χ2n) is 4.69. The van der Waals surface area contributed by atoms with Gasteiger partial charge in [-0.25, -0.2) is 0 Å². The Morgan fingerprint density at radius 1 is 1.41 bits per heavy atom. The number of carbonyl (C=O) groups excluding carboxylic acids is 1. The summed E-state index contributed by atoms with van der Waals surface area (Å²) in [6.07, 6.45) is 8.21. The van der Waals surface area contributed by atoms with Crippen molar-refractivity contribution in [2.75, 3.05) is 6.61 Å². The number of amides is 1. The molecule has 2 N–H and O–H groups in total. The molecule has 92 valence electrons. The molecular weight excluding hydrogens is 216 g/mol. The number of rotatable bonds is 3. The van der Waals surface area contributed by atoms with Crippen LogP contribution in [0.3, 0.4) is 0 Å². The van der Waals surface area contributed by atoms with Gasteiger partial charge in [0.1, 0.15) is 0 Å². The third kappa shape index (κ3) is 2.82. The lowest BCUT2D eigenvalue weighted by molar-refractivity contribution is 0.0758. The Morgan fingerprint density at radius 3 is 2.76 bits per heavy atom. The average molecular weight is 234 g/mol. The van der Waals surface area contributed by atoms with Crippen LogP contribution < -0.4 is 5.32 Å². The van der Waals surface area contributed by atoms with E-state index in [1.807, 2.05) is 0 Å². The van der Waals surface area contributed by atoms with Crippen LogP contribution in [0.5, 0.6) is 0 Å². The molecule has 0 aliphatic heterocycles. The van der Waals surface area contributed by atoms with E-state index in [0.29, 0.717) is 5.56 Å². The van der Waals surface area contributed by atoms with Gasteiger partial charge in [-0.1, -0.05) is 19.3 Å². The first-order valence-corrected chi connectivity index (χ1v) is 6.09. The molecule has 1 aromatic heterocycles. The normalized spacial score (nSPS) is 18.6. The summed E-state index contributed by atoms with van der Waals surface area (Å²) >= 11 is 0. The number of hydrogen-bond donors (Lipinski definition) is 2. The number of hydrogen-bond acceptors (Lipinski definition) is 3. The highest BCUT2D eigenvalue weighted by Gasteiger charge is 2.33. The van der Waals surface area contributed by atoms with E-state index in [1.54, 1.807) is 24.5 Å². The minimum atomic E-state index is -0.425. The Kier molecular flexibility index (Phi) is 3.74. The van der Waals surface area contributed by atoms with Crippen molar-refractivity contribution in [2.24, 2.45) is 0 Å². The number of nitrogens with zero attached hydrogens (tertiary/aromatic N) is 1. The van der Waals surface area contributed by atoms with Crippen molar-refractivity contribution in [3.05, 3.63) is 30.1 Å². The van der Waals surface area contributed by atoms with Crippen LogP contribution >= 0.6 is 0 Å². The van der Waals surface area contributed by atoms with Crippen molar-refractivity contribution in [1.29, 1.82) is 0 Å². The molecule has 1 saturated carbocycles. The van der Waals surface area contributed by atoms with E-state index in [-0.39, 0.29) is 12.5 Å². The third-order valence-corrected chi connectivity index (χ3v) is 3.42. The molecule has 17 heavy (non-hydrogen) atoms. The van der Waals surface area contributed by atoms with Crippen molar-refractivity contribution in [2.45, 2.75) is 37.6 Å². The maximum atomic E-state index is 12.0. The first-order chi connectivity index (χ1) is 8.26. The largest absolute Gasteiger partial charge is 0.394 e. The molecular formula is C13H18N2O2. The second kappa shape index (κ2) is 5.27. The van der Waals surface area contributed by atoms with Crippen molar-refractivity contribution in [1.82, 2.24) is 10.3 Å². The van der Waals surface area contributed by atoms with Crippen LogP contribution in [0.2, 0.25) is 0 Å². The highest BCUT2D eigenvalue weighted by Crippen LogP contribution is 2.27. The molecule has 0 unspecified atom stereocenters. The molecule has 1 fully saturated rings. The number of aliphatic hydroxyl groups is 1. The second-order valence-corrected chi connectivity index (χ2v) is 4.69. The molecule has 0 radical (unpaired) electrons. The average Bonchev–Trinajstić information content (AvgIpc) is 2.41. The monoisotopic (exact) mass is 234 g/mol. The van der Waals surface area contributed by atoms with Gasteiger partial charge in [0.2, 0.25) is 0 Å². The Morgan fingerprint density at radius 2 is 2.18 bits per heavy atom. The fraction of sp³-hybridized carbons (Fsp3) is 0.538. The summed E-state index contributed by atoms with van der Waals surface area (Å²) in [5, 5.41) is 12.5. The summed E-state index contributed by atoms with van der Waals surface area (Å²) in [5.74, 6) is -0.144. The Labute approximate surface area is 101 Å². The lowest BCUT2D eigenvalue weighted by Gasteiger charge is -2.36. The standard InChI is InChI=1S/C13H18N2O2/c16-10-13(6-2-1-3-7-13)15-12(17)11-5-4-8-14-9-11/h4-5,8-9,16H,1-3,6-7,10H2,(H,15,17). The van der Waals surface area contributed by atoms with E-state index in [4.69, 9.17) is 0 Å². The lowest BCUT2D eigenvalue weighted by Crippen LogP contribution is -2.52. The maximum Gasteiger partial charge on any atom is 0.253 e. The van der Waals surface area contributed by atoms with Crippen LogP contribution in [-0.2, 0) is 0 Å². The zero-order valence-electron chi connectivity index (χ0n) is 9.85. The van der Waals surface area contributed by atoms with Crippen molar-refractivity contribution in [3.8, 4) is 0 Å². The van der Waals surface area contributed by atoms with Gasteiger partial charge in [-0.2, -0.15) is 0 Å². The summed E-state index contributed by atoms with van der Waals surface area (Å²) in [6, 6.07) is 3.47. The maximum absolute atomic E-state index is 12.0. The molecule has 4 heteroatoms. The summed E-state index contributed by atoms with van der Waals surface area (Å²) < 4.78 is 0. The molecule has 0 aromatic carbocycles. The molecule has 0 bridgehead atoms. The van der Waals surface area contributed by atoms with E-state index in [0.717, 1.165) is 25.7 Å². The quantitative estimate of drug-likeness (QED) is 0.833. The van der Waals surface area contributed by atoms with Gasteiger partial charge in [-0.05, 0) is 25.0 Å². The minimum absolute atomic E-state index is 0.0129. The van der Waals surface area contributed by atoms with E-state index >= 15 is 0 Å². The number of aliphatic hydroxyl groups excluding tert-OH is 1. The molecule has 0 spiro atoms. The van der Waals surface area contributed by atoms with Crippen LogP contribution in [0.15, 0.2) is 24.5 Å². The molecule has 0 atom stereocenters. The van der Waals surface area contributed by atoms with Crippen LogP contribution in [0.25, 0.3) is 0 Å². The van der Waals surface area contributed by atoms with Gasteiger partial charge >= 0.3 is 0 Å². The van der Waals surface area contributed by atoms with Gasteiger partial charge in [0.05, 0.1) is 17.7 Å². The van der Waals surface area contributed by atoms with Crippen molar-refractivity contribution >= 4 is 5.91 Å². The van der Waals surface area contributed by atoms with Crippen molar-refractivity contribution in [3.63, 3.8) is 0 Å². The van der Waals surface area contributed by atoms with Gasteiger partial charge in [0, 0.05) is 12.4 Å². The predicted molar refractivity (Wildman–Crippen MR) is 64.6 cm³/mol. The molecule has 1 heterocycles. The van der Waals surface area contributed by atoms with E-state index in [1.165, 1.54) is 6.42 Å². The Hall–Kier alpha value is -1.42. The SMILES string of the molecule is O=C(NC1(CO)CCCCC1)c1cccnc1. The zero-order chi connectivity index (χ0) is 12.1. The number of aromatic nitrogens is 1. The zero-order valence-corrected chi connectivity index (χ0v) is 9.85. The van der Waals surface area contributed by atoms with Crippen LogP contribution in [0.4, 0.5) is 0 Å². The summed E-state index contributed by atoms with van der Waals surface area (Å²) in [7, 11) is 0. The number of nitrogens with one attached hydrogen (secondary N) is 1. The summed E-state index contributed by atoms with van der Waals surface area (Å²) in [5.41, 5.74) is 0.122. The fourth-order valence-electron chi connectivity index (χ4n) is 2.36. The lowest BCUT2D eigenvalue weighted by atomic mass is 9.82. The summed E-state index contributed by atoms with van der Waals surface area (Å²) in [6.45, 7) is 0.0129. The predicted octanol–water partition coefficient (Wildman–Crippen LogP) is 1.51. The molecule has 1 aromatic rings. The molecule has 1 amide bonds. The van der Waals surface area contributed by atoms with E-state index < -0.39 is 5.54 Å². The third-order valence-electron chi connectivity index (χ3n) is 3.42. The van der Waals surface area contributed by atoms with E-state index in [9.17, 15) is 9.90 Å². The molecule has 2 rings (SSSR count). The smallest absolute Gasteiger partial charge is 0.253 e. The van der Waals surface area contributed by atoms with Gasteiger partial charge in [-0.15, -0.1) is 0 Å². The summed E-state index contributed by atoms with van der Waals surface area (Å²) in [4.78, 5) is 15.9. The van der Waals surface area contributed by atoms with E-state index in [2.05, 4.69) is 10.3 Å². The Bertz CT molecular complexity index is 372. The first-order valence-electron chi connectivity index (χ1n) is 6.09. The van der Waals surface area contributed by atoms with Gasteiger partial charge < -0.3 is 10.4 Å². The van der Waals surface area contributed by atoms with Gasteiger partial charge in [0.25, 0.3) is 5.91 Å². The number of pyridine rings is 1. The van der Waals surface area contributed by atoms with Gasteiger partial charge in [-0.3, -0.25) is 9.78 Å². The topological polar surface area (TPSA) is 62.2 Å². The van der Waals surface area contributed by atoms with Crippen LogP contribution in [0.1, 0.15) is 42.5 Å². The fourth-order valence-corrected chi connectivity index (χ4v) is 2.36. The van der Waals surface area contributed by atoms with Gasteiger partial charge in [0.15, 0.2) is 0 Å². The minimum Gasteiger partial charge on any atom is -0.394 e. The molecule has 0 saturated heterocycles. The molecule has 1 aliphatic rings. The van der Waals surface area contributed by atoms with Crippen LogP contribution in [0, 0.1) is 0 Å². The highest BCUT2D eigenvalue weighted by molar-refractivity contribution is 5.94.